The van der Waals surface area contributed by atoms with Crippen LogP contribution in [0.5, 0.6) is 0 Å². The van der Waals surface area contributed by atoms with E-state index in [9.17, 15) is 0 Å². The Morgan fingerprint density at radius 2 is 0.595 bits per heavy atom. The highest BCUT2D eigenvalue weighted by Gasteiger charge is 1.96. The lowest BCUT2D eigenvalue weighted by Gasteiger charge is -2.04. The minimum atomic E-state index is 0.371. The second-order valence-electron chi connectivity index (χ2n) is 11.3. The van der Waals surface area contributed by atoms with E-state index in [-0.39, 0.29) is 0 Å². The Morgan fingerprint density at radius 1 is 0.324 bits per heavy atom. The molecule has 0 atom stereocenters. The van der Waals surface area contributed by atoms with E-state index in [4.69, 9.17) is 5.11 Å². The Hall–Kier alpha value is -0.820. The number of rotatable bonds is 31. The summed E-state index contributed by atoms with van der Waals surface area (Å²) < 4.78 is 0. The summed E-state index contributed by atoms with van der Waals surface area (Å²) in [4.78, 5) is 0. The number of aliphatic hydroxyl groups excluding tert-OH is 1. The van der Waals surface area contributed by atoms with Crippen LogP contribution in [-0.4, -0.2) is 11.7 Å². The van der Waals surface area contributed by atoms with Crippen LogP contribution in [0.4, 0.5) is 0 Å². The van der Waals surface area contributed by atoms with Crippen LogP contribution in [0.3, 0.4) is 0 Å². The highest BCUT2D eigenvalue weighted by molar-refractivity contribution is 4.96. The van der Waals surface area contributed by atoms with Gasteiger partial charge in [0.25, 0.3) is 0 Å². The molecule has 37 heavy (non-hydrogen) atoms. The molecule has 0 heterocycles. The standard InChI is InChI=1S/C36H68O/c1-2-3-4-5-6-7-8-9-10-11-12-13-14-15-16-17-18-19-20-21-22-23-24-25-26-27-28-29-30-31-32-33-34-35-36-37/h3-4,6-7,9-10,37H,2,5,8,11-36H2,1H3/b4-3-,7-6-,10-9-. The van der Waals surface area contributed by atoms with Crippen LogP contribution in [0.15, 0.2) is 36.5 Å². The Morgan fingerprint density at radius 3 is 0.919 bits per heavy atom. The third-order valence-electron chi connectivity index (χ3n) is 7.56. The molecule has 0 amide bonds. The first kappa shape index (κ1) is 36.2. The van der Waals surface area contributed by atoms with E-state index in [2.05, 4.69) is 43.4 Å². The van der Waals surface area contributed by atoms with Crippen LogP contribution in [0.25, 0.3) is 0 Å². The zero-order valence-corrected chi connectivity index (χ0v) is 25.4. The number of hydrogen-bond donors (Lipinski definition) is 1. The van der Waals surface area contributed by atoms with Gasteiger partial charge in [0, 0.05) is 6.61 Å². The first-order valence-corrected chi connectivity index (χ1v) is 17.0. The molecule has 0 rings (SSSR count). The zero-order valence-electron chi connectivity index (χ0n) is 25.4. The van der Waals surface area contributed by atoms with Crippen molar-refractivity contribution in [2.75, 3.05) is 6.61 Å². The number of allylic oxidation sites excluding steroid dienone is 6. The molecule has 0 radical (unpaired) electrons. The fraction of sp³-hybridized carbons (Fsp3) is 0.833. The molecule has 0 aromatic heterocycles. The fourth-order valence-corrected chi connectivity index (χ4v) is 5.09. The van der Waals surface area contributed by atoms with Gasteiger partial charge in [-0.05, 0) is 38.5 Å². The molecule has 0 saturated carbocycles. The summed E-state index contributed by atoms with van der Waals surface area (Å²) in [5.41, 5.74) is 0. The summed E-state index contributed by atoms with van der Waals surface area (Å²) in [6.07, 6.45) is 52.2. The molecule has 0 spiro atoms. The van der Waals surface area contributed by atoms with Gasteiger partial charge in [-0.3, -0.25) is 0 Å². The van der Waals surface area contributed by atoms with Crippen molar-refractivity contribution >= 4 is 0 Å². The largest absolute Gasteiger partial charge is 0.396 e. The molecule has 1 nitrogen and oxygen atoms in total. The maximum Gasteiger partial charge on any atom is 0.0431 e. The van der Waals surface area contributed by atoms with Crippen LogP contribution in [0.2, 0.25) is 0 Å². The van der Waals surface area contributed by atoms with Gasteiger partial charge in [-0.25, -0.2) is 0 Å². The number of unbranched alkanes of at least 4 members (excludes halogenated alkanes) is 24. The molecule has 1 N–H and O–H groups in total. The van der Waals surface area contributed by atoms with Gasteiger partial charge in [-0.1, -0.05) is 185 Å². The van der Waals surface area contributed by atoms with Crippen molar-refractivity contribution in [3.63, 3.8) is 0 Å². The molecule has 0 saturated heterocycles. The molecule has 0 aromatic carbocycles. The highest BCUT2D eigenvalue weighted by atomic mass is 16.2. The van der Waals surface area contributed by atoms with Gasteiger partial charge in [0.15, 0.2) is 0 Å². The molecule has 218 valence electrons. The summed E-state index contributed by atoms with van der Waals surface area (Å²) in [5, 5.41) is 8.78. The SMILES string of the molecule is CC/C=C\C/C=C\C/C=C\CCCCCCCCCCCCCCCCCCCCCCCCCCO. The quantitative estimate of drug-likeness (QED) is 0.0717. The average molecular weight is 517 g/mol. The van der Waals surface area contributed by atoms with Crippen molar-refractivity contribution in [1.29, 1.82) is 0 Å². The highest BCUT2D eigenvalue weighted by Crippen LogP contribution is 2.15. The molecule has 0 unspecified atom stereocenters. The summed E-state index contributed by atoms with van der Waals surface area (Å²) in [6, 6.07) is 0. The van der Waals surface area contributed by atoms with E-state index in [0.717, 1.165) is 25.7 Å². The molecular weight excluding hydrogens is 448 g/mol. The van der Waals surface area contributed by atoms with Crippen molar-refractivity contribution in [2.24, 2.45) is 0 Å². The van der Waals surface area contributed by atoms with Crippen LogP contribution in [0, 0.1) is 0 Å². The van der Waals surface area contributed by atoms with E-state index in [1.807, 2.05) is 0 Å². The maximum atomic E-state index is 8.78. The minimum Gasteiger partial charge on any atom is -0.396 e. The van der Waals surface area contributed by atoms with Crippen LogP contribution in [-0.2, 0) is 0 Å². The maximum absolute atomic E-state index is 8.78. The summed E-state index contributed by atoms with van der Waals surface area (Å²) in [5.74, 6) is 0. The topological polar surface area (TPSA) is 20.2 Å². The number of aliphatic hydroxyl groups is 1. The predicted molar refractivity (Wildman–Crippen MR) is 169 cm³/mol. The Labute approximate surface area is 234 Å². The van der Waals surface area contributed by atoms with Gasteiger partial charge < -0.3 is 5.11 Å². The van der Waals surface area contributed by atoms with Crippen molar-refractivity contribution in [1.82, 2.24) is 0 Å². The van der Waals surface area contributed by atoms with Crippen LogP contribution < -0.4 is 0 Å². The molecule has 0 aromatic rings. The van der Waals surface area contributed by atoms with Crippen molar-refractivity contribution in [3.05, 3.63) is 36.5 Å². The summed E-state index contributed by atoms with van der Waals surface area (Å²) in [6.45, 7) is 2.56. The van der Waals surface area contributed by atoms with Gasteiger partial charge in [-0.2, -0.15) is 0 Å². The van der Waals surface area contributed by atoms with Crippen LogP contribution >= 0.6 is 0 Å². The average Bonchev–Trinajstić information content (AvgIpc) is 2.91. The first-order valence-electron chi connectivity index (χ1n) is 17.0. The third kappa shape index (κ3) is 35.2. The van der Waals surface area contributed by atoms with Crippen LogP contribution in [0.1, 0.15) is 187 Å². The van der Waals surface area contributed by atoms with Gasteiger partial charge >= 0.3 is 0 Å². The van der Waals surface area contributed by atoms with Gasteiger partial charge in [-0.15, -0.1) is 0 Å². The third-order valence-corrected chi connectivity index (χ3v) is 7.56. The lowest BCUT2D eigenvalue weighted by atomic mass is 10.0. The Balaban J connectivity index is 3.09. The molecule has 0 aliphatic heterocycles. The lowest BCUT2D eigenvalue weighted by Crippen LogP contribution is -1.85. The van der Waals surface area contributed by atoms with Crippen molar-refractivity contribution < 1.29 is 5.11 Å². The predicted octanol–water partition coefficient (Wildman–Crippen LogP) is 12.6. The Kier molecular flexibility index (Phi) is 34.4. The van der Waals surface area contributed by atoms with Gasteiger partial charge in [0.2, 0.25) is 0 Å². The monoisotopic (exact) mass is 517 g/mol. The normalized spacial score (nSPS) is 12.2. The molecule has 0 aliphatic rings. The zero-order chi connectivity index (χ0) is 26.7. The second kappa shape index (κ2) is 35.2. The van der Waals surface area contributed by atoms with E-state index in [1.165, 1.54) is 154 Å². The van der Waals surface area contributed by atoms with Crippen molar-refractivity contribution in [3.8, 4) is 0 Å². The van der Waals surface area contributed by atoms with E-state index in [1.54, 1.807) is 0 Å². The van der Waals surface area contributed by atoms with Gasteiger partial charge in [0.1, 0.15) is 0 Å². The summed E-state index contributed by atoms with van der Waals surface area (Å²) >= 11 is 0. The van der Waals surface area contributed by atoms with E-state index in [0.29, 0.717) is 6.61 Å². The molecule has 0 bridgehead atoms. The van der Waals surface area contributed by atoms with E-state index >= 15 is 0 Å². The fourth-order valence-electron chi connectivity index (χ4n) is 5.09. The number of hydrogen-bond acceptors (Lipinski definition) is 1. The van der Waals surface area contributed by atoms with E-state index < -0.39 is 0 Å². The molecular formula is C36H68O. The smallest absolute Gasteiger partial charge is 0.0431 e. The van der Waals surface area contributed by atoms with Crippen molar-refractivity contribution in [2.45, 2.75) is 187 Å². The minimum absolute atomic E-state index is 0.371. The van der Waals surface area contributed by atoms with Gasteiger partial charge in [0.05, 0.1) is 0 Å². The first-order chi connectivity index (χ1) is 18.4. The molecule has 0 fully saturated rings. The lowest BCUT2D eigenvalue weighted by molar-refractivity contribution is 0.282. The second-order valence-corrected chi connectivity index (χ2v) is 11.3. The molecule has 0 aliphatic carbocycles. The molecule has 1 heteroatoms. The Bertz CT molecular complexity index is 475. The summed E-state index contributed by atoms with van der Waals surface area (Å²) in [7, 11) is 0.